The van der Waals surface area contributed by atoms with Crippen molar-refractivity contribution in [2.24, 2.45) is 0 Å². The minimum absolute atomic E-state index is 0.147. The Kier molecular flexibility index (Phi) is 40.7. The summed E-state index contributed by atoms with van der Waals surface area (Å²) >= 11 is 0. The summed E-state index contributed by atoms with van der Waals surface area (Å²) in [6, 6.07) is 0. The number of hydrogen-bond acceptors (Lipinski definition) is 4. The average molecular weight is 658 g/mol. The molecule has 0 radical (unpaired) electrons. The van der Waals surface area contributed by atoms with Crippen molar-refractivity contribution in [3.8, 4) is 0 Å². The van der Waals surface area contributed by atoms with Gasteiger partial charge in [0.15, 0.2) is 0 Å². The van der Waals surface area contributed by atoms with Gasteiger partial charge in [0, 0.05) is 6.54 Å². The molecular weight excluding hydrogens is 573 g/mol. The topological polar surface area (TPSA) is 50.7 Å². The molecule has 0 aromatic heterocycles. The van der Waals surface area contributed by atoms with Crippen molar-refractivity contribution in [1.82, 2.24) is 5.32 Å². The number of rotatable bonds is 40. The quantitative estimate of drug-likeness (QED) is 0.0508. The molecule has 0 aromatic rings. The van der Waals surface area contributed by atoms with E-state index in [4.69, 9.17) is 9.05 Å². The predicted molar refractivity (Wildman–Crippen MR) is 202 cm³/mol. The van der Waals surface area contributed by atoms with Crippen molar-refractivity contribution in [2.45, 2.75) is 238 Å². The van der Waals surface area contributed by atoms with Gasteiger partial charge in [-0.25, -0.2) is 0 Å². The molecule has 0 spiro atoms. The van der Waals surface area contributed by atoms with Gasteiger partial charge in [-0.3, -0.25) is 0 Å². The fourth-order valence-corrected chi connectivity index (χ4v) is 7.25. The van der Waals surface area contributed by atoms with Crippen LogP contribution in [0.1, 0.15) is 232 Å². The monoisotopic (exact) mass is 658 g/mol. The van der Waals surface area contributed by atoms with Crippen molar-refractivity contribution in [1.29, 1.82) is 0 Å². The molecule has 1 atom stereocenters. The van der Waals surface area contributed by atoms with Gasteiger partial charge in [-0.2, -0.15) is 0 Å². The van der Waals surface area contributed by atoms with Gasteiger partial charge < -0.3 is 19.3 Å². The molecule has 2 N–H and O–H groups in total. The van der Waals surface area contributed by atoms with Crippen LogP contribution in [0, 0.1) is 0 Å². The molecule has 272 valence electrons. The maximum atomic E-state index is 10.3. The third kappa shape index (κ3) is 38.6. The molecule has 1 unspecified atom stereocenters. The predicted octanol–water partition coefficient (Wildman–Crippen LogP) is 14.1. The van der Waals surface area contributed by atoms with Crippen molar-refractivity contribution >= 4 is 8.60 Å². The molecule has 0 saturated heterocycles. The second kappa shape index (κ2) is 40.4. The van der Waals surface area contributed by atoms with E-state index in [2.05, 4.69) is 19.2 Å². The molecule has 0 amide bonds. The third-order valence-electron chi connectivity index (χ3n) is 9.55. The number of likely N-dealkylation sites (N-methyl/N-ethyl adjacent to an activating group) is 1. The van der Waals surface area contributed by atoms with E-state index in [1.54, 1.807) is 0 Å². The zero-order chi connectivity index (χ0) is 32.7. The summed E-state index contributed by atoms with van der Waals surface area (Å²) in [7, 11) is 0.144. The van der Waals surface area contributed by atoms with Gasteiger partial charge in [0.05, 0.1) is 12.7 Å². The van der Waals surface area contributed by atoms with Crippen LogP contribution in [0.25, 0.3) is 0 Å². The van der Waals surface area contributed by atoms with E-state index < -0.39 is 8.60 Å². The van der Waals surface area contributed by atoms with Crippen molar-refractivity contribution in [3.63, 3.8) is 0 Å². The highest BCUT2D eigenvalue weighted by molar-refractivity contribution is 7.40. The lowest BCUT2D eigenvalue weighted by Gasteiger charge is -2.20. The first-order valence-corrected chi connectivity index (χ1v) is 21.8. The standard InChI is InChI=1S/C40H84NO3P/c1-4-6-8-10-12-14-16-18-20-22-24-26-28-30-32-34-36-40(44-45(42)43-39-38-41-3)37-35-33-31-29-27-25-23-21-19-17-15-13-11-9-7-5-2/h40-42H,4-39H2,1-3H3. The molecule has 0 rings (SSSR count). The maximum Gasteiger partial charge on any atom is 0.330 e. The summed E-state index contributed by atoms with van der Waals surface area (Å²) < 4.78 is 11.5. The summed E-state index contributed by atoms with van der Waals surface area (Å²) in [5, 5.41) is 3.07. The highest BCUT2D eigenvalue weighted by atomic mass is 31.2. The molecule has 4 nitrogen and oxygen atoms in total. The molecule has 0 heterocycles. The Morgan fingerprint density at radius 2 is 0.711 bits per heavy atom. The molecule has 0 saturated carbocycles. The van der Waals surface area contributed by atoms with Gasteiger partial charge in [0.25, 0.3) is 0 Å². The van der Waals surface area contributed by atoms with Crippen LogP contribution in [-0.4, -0.2) is 31.2 Å². The fourth-order valence-electron chi connectivity index (χ4n) is 6.47. The molecule has 45 heavy (non-hydrogen) atoms. The molecule has 0 aromatic carbocycles. The SMILES string of the molecule is CCCCCCCCCCCCCCCCCCC(CCCCCCCCCCCCCCCCCC)OP(O)OCCNC. The molecule has 5 heteroatoms. The van der Waals surface area contributed by atoms with E-state index in [0.29, 0.717) is 6.61 Å². The van der Waals surface area contributed by atoms with E-state index >= 15 is 0 Å². The number of hydrogen-bond donors (Lipinski definition) is 2. The molecule has 0 aliphatic rings. The Morgan fingerprint density at radius 1 is 0.444 bits per heavy atom. The Morgan fingerprint density at radius 3 is 0.978 bits per heavy atom. The lowest BCUT2D eigenvalue weighted by atomic mass is 10.0. The lowest BCUT2D eigenvalue weighted by molar-refractivity contribution is 0.126. The minimum Gasteiger partial charge on any atom is -0.328 e. The summed E-state index contributed by atoms with van der Waals surface area (Å²) in [6.45, 7) is 5.84. The second-order valence-corrected chi connectivity index (χ2v) is 15.0. The van der Waals surface area contributed by atoms with Crippen LogP contribution in [0.4, 0.5) is 0 Å². The van der Waals surface area contributed by atoms with Gasteiger partial charge >= 0.3 is 8.60 Å². The van der Waals surface area contributed by atoms with Crippen LogP contribution in [0.5, 0.6) is 0 Å². The summed E-state index contributed by atoms with van der Waals surface area (Å²) in [6.07, 6.45) is 47.0. The lowest BCUT2D eigenvalue weighted by Crippen LogP contribution is -2.15. The highest BCUT2D eigenvalue weighted by Gasteiger charge is 2.16. The Bertz CT molecular complexity index is 488. The molecular formula is C40H84NO3P. The fraction of sp³-hybridized carbons (Fsp3) is 1.00. The first-order valence-electron chi connectivity index (χ1n) is 20.7. The van der Waals surface area contributed by atoms with Crippen LogP contribution in [0.3, 0.4) is 0 Å². The zero-order valence-corrected chi connectivity index (χ0v) is 32.1. The van der Waals surface area contributed by atoms with Gasteiger partial charge in [-0.15, -0.1) is 0 Å². The molecule has 0 aliphatic heterocycles. The smallest absolute Gasteiger partial charge is 0.328 e. The Labute approximate surface area is 285 Å². The first-order chi connectivity index (χ1) is 22.2. The molecule has 0 aliphatic carbocycles. The average Bonchev–Trinajstić information content (AvgIpc) is 3.04. The number of nitrogens with one attached hydrogen (secondary N) is 1. The van der Waals surface area contributed by atoms with Crippen LogP contribution < -0.4 is 5.32 Å². The van der Waals surface area contributed by atoms with Crippen LogP contribution >= 0.6 is 8.60 Å². The largest absolute Gasteiger partial charge is 0.330 e. The van der Waals surface area contributed by atoms with Crippen molar-refractivity contribution in [2.75, 3.05) is 20.2 Å². The number of unbranched alkanes of at least 4 members (excludes halogenated alkanes) is 30. The summed E-state index contributed by atoms with van der Waals surface area (Å²) in [5.41, 5.74) is 0. The molecule has 0 bridgehead atoms. The Balaban J connectivity index is 3.78. The van der Waals surface area contributed by atoms with Gasteiger partial charge in [-0.05, 0) is 19.9 Å². The second-order valence-electron chi connectivity index (χ2n) is 14.1. The van der Waals surface area contributed by atoms with Gasteiger partial charge in [0.1, 0.15) is 0 Å². The van der Waals surface area contributed by atoms with E-state index in [1.165, 1.54) is 205 Å². The van der Waals surface area contributed by atoms with E-state index in [1.807, 2.05) is 7.05 Å². The third-order valence-corrected chi connectivity index (χ3v) is 10.4. The first kappa shape index (κ1) is 45.3. The van der Waals surface area contributed by atoms with Crippen molar-refractivity contribution < 1.29 is 13.9 Å². The van der Waals surface area contributed by atoms with Crippen LogP contribution in [0.15, 0.2) is 0 Å². The van der Waals surface area contributed by atoms with E-state index in [0.717, 1.165) is 19.4 Å². The van der Waals surface area contributed by atoms with Gasteiger partial charge in [-0.1, -0.05) is 219 Å². The summed E-state index contributed by atoms with van der Waals surface area (Å²) in [4.78, 5) is 10.3. The van der Waals surface area contributed by atoms with Crippen LogP contribution in [-0.2, 0) is 9.05 Å². The normalized spacial score (nSPS) is 12.5. The van der Waals surface area contributed by atoms with Gasteiger partial charge in [0.2, 0.25) is 0 Å². The zero-order valence-electron chi connectivity index (χ0n) is 31.2. The highest BCUT2D eigenvalue weighted by Crippen LogP contribution is 2.37. The molecule has 0 fully saturated rings. The maximum absolute atomic E-state index is 10.3. The minimum atomic E-state index is -1.76. The van der Waals surface area contributed by atoms with Crippen LogP contribution in [0.2, 0.25) is 0 Å². The Hall–Kier alpha value is 0.270. The van der Waals surface area contributed by atoms with E-state index in [9.17, 15) is 4.89 Å². The summed E-state index contributed by atoms with van der Waals surface area (Å²) in [5.74, 6) is 0. The van der Waals surface area contributed by atoms with E-state index in [-0.39, 0.29) is 6.10 Å². The van der Waals surface area contributed by atoms with Crippen molar-refractivity contribution in [3.05, 3.63) is 0 Å².